The molecule has 1 atom stereocenters. The minimum Gasteiger partial charge on any atom is -0.493 e. The SMILES string of the molecule is COc1ccc([C@@H]2C=C(c3ccc(C)c(C)c3)Nc3nnnn32)c(OC)c1OC. The maximum absolute atomic E-state index is 5.69. The van der Waals surface area contributed by atoms with Gasteiger partial charge in [-0.15, -0.1) is 0 Å². The number of tetrazole rings is 1. The first-order chi connectivity index (χ1) is 14.1. The van der Waals surface area contributed by atoms with E-state index in [4.69, 9.17) is 14.2 Å². The number of nitrogens with one attached hydrogen (secondary N) is 1. The first-order valence-corrected chi connectivity index (χ1v) is 9.20. The molecule has 0 amide bonds. The smallest absolute Gasteiger partial charge is 0.248 e. The Morgan fingerprint density at radius 1 is 0.931 bits per heavy atom. The van der Waals surface area contributed by atoms with Gasteiger partial charge in [-0.3, -0.25) is 0 Å². The topological polar surface area (TPSA) is 83.3 Å². The highest BCUT2D eigenvalue weighted by molar-refractivity contribution is 5.78. The molecule has 0 bridgehead atoms. The van der Waals surface area contributed by atoms with Gasteiger partial charge < -0.3 is 19.5 Å². The van der Waals surface area contributed by atoms with Crippen LogP contribution in [0.5, 0.6) is 17.2 Å². The molecule has 1 aromatic heterocycles. The summed E-state index contributed by atoms with van der Waals surface area (Å²) in [6.07, 6.45) is 2.08. The van der Waals surface area contributed by atoms with Crippen molar-refractivity contribution in [2.24, 2.45) is 0 Å². The van der Waals surface area contributed by atoms with Gasteiger partial charge in [0.1, 0.15) is 6.04 Å². The minimum absolute atomic E-state index is 0.285. The number of ether oxygens (including phenoxy) is 3. The average Bonchev–Trinajstić information content (AvgIpc) is 3.22. The van der Waals surface area contributed by atoms with E-state index in [0.29, 0.717) is 23.2 Å². The number of benzene rings is 2. The molecule has 0 spiro atoms. The molecule has 4 rings (SSSR count). The number of hydrogen-bond acceptors (Lipinski definition) is 7. The van der Waals surface area contributed by atoms with Gasteiger partial charge in [0.05, 0.1) is 21.3 Å². The Morgan fingerprint density at radius 2 is 1.72 bits per heavy atom. The van der Waals surface area contributed by atoms with Crippen LogP contribution in [0.3, 0.4) is 0 Å². The number of rotatable bonds is 5. The molecule has 150 valence electrons. The number of fused-ring (bicyclic) bond motifs is 1. The van der Waals surface area contributed by atoms with E-state index < -0.39 is 0 Å². The summed E-state index contributed by atoms with van der Waals surface area (Å²) in [6, 6.07) is 9.85. The zero-order chi connectivity index (χ0) is 20.5. The minimum atomic E-state index is -0.285. The highest BCUT2D eigenvalue weighted by Crippen LogP contribution is 2.45. The van der Waals surface area contributed by atoms with Crippen LogP contribution in [0.15, 0.2) is 36.4 Å². The lowest BCUT2D eigenvalue weighted by molar-refractivity contribution is 0.320. The number of methoxy groups -OCH3 is 3. The Labute approximate surface area is 169 Å². The van der Waals surface area contributed by atoms with Gasteiger partial charge in [0.2, 0.25) is 11.7 Å². The van der Waals surface area contributed by atoms with Gasteiger partial charge in [0.15, 0.2) is 11.5 Å². The third-order valence-corrected chi connectivity index (χ3v) is 5.20. The summed E-state index contributed by atoms with van der Waals surface area (Å²) in [5.74, 6) is 2.26. The van der Waals surface area contributed by atoms with Gasteiger partial charge in [-0.2, -0.15) is 4.68 Å². The van der Waals surface area contributed by atoms with Crippen LogP contribution in [0.2, 0.25) is 0 Å². The summed E-state index contributed by atoms with van der Waals surface area (Å²) < 4.78 is 18.4. The molecular formula is C21H23N5O3. The van der Waals surface area contributed by atoms with Crippen LogP contribution < -0.4 is 19.5 Å². The molecule has 3 aromatic rings. The van der Waals surface area contributed by atoms with E-state index in [-0.39, 0.29) is 6.04 Å². The number of aryl methyl sites for hydroxylation is 2. The molecule has 0 unspecified atom stereocenters. The number of aromatic nitrogens is 4. The second-order valence-electron chi connectivity index (χ2n) is 6.82. The Bertz CT molecular complexity index is 1090. The second-order valence-corrected chi connectivity index (χ2v) is 6.82. The van der Waals surface area contributed by atoms with E-state index in [1.165, 1.54) is 11.1 Å². The van der Waals surface area contributed by atoms with E-state index in [0.717, 1.165) is 16.8 Å². The summed E-state index contributed by atoms with van der Waals surface area (Å²) in [7, 11) is 4.79. The Hall–Kier alpha value is -3.55. The molecule has 0 radical (unpaired) electrons. The highest BCUT2D eigenvalue weighted by atomic mass is 16.5. The van der Waals surface area contributed by atoms with Crippen LogP contribution in [-0.2, 0) is 0 Å². The lowest BCUT2D eigenvalue weighted by atomic mass is 9.98. The van der Waals surface area contributed by atoms with Crippen LogP contribution in [-0.4, -0.2) is 41.5 Å². The number of nitrogens with zero attached hydrogens (tertiary/aromatic N) is 4. The molecule has 1 N–H and O–H groups in total. The van der Waals surface area contributed by atoms with Gasteiger partial charge in [-0.25, -0.2) is 0 Å². The van der Waals surface area contributed by atoms with Crippen molar-refractivity contribution >= 4 is 11.6 Å². The molecule has 1 aliphatic heterocycles. The summed E-state index contributed by atoms with van der Waals surface area (Å²) in [5.41, 5.74) is 5.31. The zero-order valence-corrected chi connectivity index (χ0v) is 17.1. The summed E-state index contributed by atoms with van der Waals surface area (Å²) in [6.45, 7) is 4.20. The molecule has 2 aromatic carbocycles. The van der Waals surface area contributed by atoms with Crippen molar-refractivity contribution in [3.8, 4) is 17.2 Å². The lowest BCUT2D eigenvalue weighted by Gasteiger charge is -2.26. The highest BCUT2D eigenvalue weighted by Gasteiger charge is 2.29. The van der Waals surface area contributed by atoms with Crippen LogP contribution in [0.25, 0.3) is 5.70 Å². The molecular weight excluding hydrogens is 370 g/mol. The normalized spacial score (nSPS) is 15.2. The van der Waals surface area contributed by atoms with E-state index in [9.17, 15) is 0 Å². The first-order valence-electron chi connectivity index (χ1n) is 9.20. The fourth-order valence-corrected chi connectivity index (χ4v) is 3.51. The molecule has 0 fully saturated rings. The third-order valence-electron chi connectivity index (χ3n) is 5.20. The standard InChI is InChI=1S/C21H23N5O3/c1-12-6-7-14(10-13(12)2)16-11-17(26-21(22-16)23-24-25-26)15-8-9-18(27-3)20(29-5)19(15)28-4/h6-11,17H,1-5H3,(H,22,23,25)/t17-/m0/s1. The van der Waals surface area contributed by atoms with E-state index in [1.807, 2.05) is 12.1 Å². The van der Waals surface area contributed by atoms with Crippen molar-refractivity contribution in [3.05, 3.63) is 58.7 Å². The van der Waals surface area contributed by atoms with Crippen molar-refractivity contribution in [2.45, 2.75) is 19.9 Å². The monoisotopic (exact) mass is 393 g/mol. The van der Waals surface area contributed by atoms with Crippen molar-refractivity contribution in [3.63, 3.8) is 0 Å². The molecule has 1 aliphatic rings. The van der Waals surface area contributed by atoms with Gasteiger partial charge >= 0.3 is 0 Å². The number of allylic oxidation sites excluding steroid dienone is 1. The second kappa shape index (κ2) is 7.46. The van der Waals surface area contributed by atoms with Crippen LogP contribution in [0.4, 0.5) is 5.95 Å². The third kappa shape index (κ3) is 3.16. The Kier molecular flexibility index (Phi) is 4.84. The predicted octanol–water partition coefficient (Wildman–Crippen LogP) is 3.37. The van der Waals surface area contributed by atoms with Gasteiger partial charge in [0, 0.05) is 11.3 Å². The lowest BCUT2D eigenvalue weighted by Crippen LogP contribution is -2.21. The Balaban J connectivity index is 1.88. The van der Waals surface area contributed by atoms with E-state index >= 15 is 0 Å². The van der Waals surface area contributed by atoms with Crippen LogP contribution in [0.1, 0.15) is 28.3 Å². The average molecular weight is 393 g/mol. The molecule has 0 aliphatic carbocycles. The summed E-state index contributed by atoms with van der Waals surface area (Å²) in [4.78, 5) is 0. The van der Waals surface area contributed by atoms with E-state index in [1.54, 1.807) is 26.0 Å². The van der Waals surface area contributed by atoms with Crippen molar-refractivity contribution in [1.29, 1.82) is 0 Å². The first kappa shape index (κ1) is 18.8. The predicted molar refractivity (Wildman–Crippen MR) is 110 cm³/mol. The fourth-order valence-electron chi connectivity index (χ4n) is 3.51. The molecule has 2 heterocycles. The largest absolute Gasteiger partial charge is 0.493 e. The summed E-state index contributed by atoms with van der Waals surface area (Å²) in [5, 5.41) is 15.5. The van der Waals surface area contributed by atoms with Crippen LogP contribution in [0, 0.1) is 13.8 Å². The Morgan fingerprint density at radius 3 is 2.41 bits per heavy atom. The maximum atomic E-state index is 5.69. The van der Waals surface area contributed by atoms with Crippen molar-refractivity contribution < 1.29 is 14.2 Å². The number of anilines is 1. The number of hydrogen-bond donors (Lipinski definition) is 1. The van der Waals surface area contributed by atoms with Crippen LogP contribution >= 0.6 is 0 Å². The molecule has 0 saturated carbocycles. The van der Waals surface area contributed by atoms with E-state index in [2.05, 4.69) is 59.0 Å². The van der Waals surface area contributed by atoms with Gasteiger partial charge in [-0.1, -0.05) is 17.2 Å². The van der Waals surface area contributed by atoms with Crippen molar-refractivity contribution in [1.82, 2.24) is 20.2 Å². The molecule has 8 heteroatoms. The molecule has 0 saturated heterocycles. The van der Waals surface area contributed by atoms with Gasteiger partial charge in [0.25, 0.3) is 0 Å². The van der Waals surface area contributed by atoms with Crippen molar-refractivity contribution in [2.75, 3.05) is 26.6 Å². The molecule has 29 heavy (non-hydrogen) atoms. The molecule has 8 nitrogen and oxygen atoms in total. The summed E-state index contributed by atoms with van der Waals surface area (Å²) >= 11 is 0. The quantitative estimate of drug-likeness (QED) is 0.711. The fraction of sp³-hybridized carbons (Fsp3) is 0.286. The maximum Gasteiger partial charge on any atom is 0.248 e. The van der Waals surface area contributed by atoms with Gasteiger partial charge in [-0.05, 0) is 65.2 Å². The zero-order valence-electron chi connectivity index (χ0n) is 17.1.